The molecule has 9 heteroatoms. The van der Waals surface area contributed by atoms with Crippen molar-refractivity contribution in [1.29, 1.82) is 0 Å². The molecule has 1 heterocycles. The highest BCUT2D eigenvalue weighted by atomic mass is 32.2. The number of carbonyl (C=O) groups is 1. The SMILES string of the molecule is Cc1nc(CNS(=O)(=O)NC(C)(C)C)sc1C(=O)O. The summed E-state index contributed by atoms with van der Waals surface area (Å²) in [5.74, 6) is -1.06. The minimum absolute atomic E-state index is 0.0375. The third kappa shape index (κ3) is 5.23. The molecule has 0 aromatic carbocycles. The maximum Gasteiger partial charge on any atom is 0.347 e. The standard InChI is InChI=1S/C10H17N3O4S2/c1-6-8(9(14)15)18-7(12-6)5-11-19(16,17)13-10(2,3)4/h11,13H,5H2,1-4H3,(H,14,15). The molecule has 0 aliphatic rings. The van der Waals surface area contributed by atoms with Crippen molar-refractivity contribution in [2.24, 2.45) is 0 Å². The molecule has 7 nitrogen and oxygen atoms in total. The van der Waals surface area contributed by atoms with Crippen LogP contribution in [0.5, 0.6) is 0 Å². The minimum Gasteiger partial charge on any atom is -0.477 e. The first-order valence-corrected chi connectivity index (χ1v) is 7.78. The van der Waals surface area contributed by atoms with Crippen LogP contribution in [0.1, 0.15) is 41.1 Å². The van der Waals surface area contributed by atoms with E-state index in [0.29, 0.717) is 10.7 Å². The summed E-state index contributed by atoms with van der Waals surface area (Å²) in [6.07, 6.45) is 0. The predicted octanol–water partition coefficient (Wildman–Crippen LogP) is 0.872. The maximum atomic E-state index is 11.7. The quantitative estimate of drug-likeness (QED) is 0.748. The number of aromatic carboxylic acids is 1. The summed E-state index contributed by atoms with van der Waals surface area (Å²) in [5.41, 5.74) is -0.202. The molecular weight excluding hydrogens is 290 g/mol. The van der Waals surface area contributed by atoms with Crippen molar-refractivity contribution >= 4 is 27.5 Å². The van der Waals surface area contributed by atoms with Crippen LogP contribution in [0.15, 0.2) is 0 Å². The van der Waals surface area contributed by atoms with Gasteiger partial charge in [0.15, 0.2) is 0 Å². The summed E-state index contributed by atoms with van der Waals surface area (Å²) in [7, 11) is -3.64. The van der Waals surface area contributed by atoms with Crippen LogP contribution in [0.3, 0.4) is 0 Å². The van der Waals surface area contributed by atoms with Gasteiger partial charge in [-0.2, -0.15) is 17.9 Å². The number of carboxylic acids is 1. The van der Waals surface area contributed by atoms with Gasteiger partial charge >= 0.3 is 5.97 Å². The highest BCUT2D eigenvalue weighted by Gasteiger charge is 2.20. The molecule has 108 valence electrons. The molecule has 0 spiro atoms. The van der Waals surface area contributed by atoms with Gasteiger partial charge in [0.2, 0.25) is 0 Å². The lowest BCUT2D eigenvalue weighted by atomic mass is 10.1. The van der Waals surface area contributed by atoms with Crippen LogP contribution in [0.25, 0.3) is 0 Å². The van der Waals surface area contributed by atoms with Gasteiger partial charge in [-0.25, -0.2) is 9.78 Å². The van der Waals surface area contributed by atoms with Crippen molar-refractivity contribution in [1.82, 2.24) is 14.4 Å². The molecule has 0 saturated heterocycles. The zero-order chi connectivity index (χ0) is 14.8. The van der Waals surface area contributed by atoms with Gasteiger partial charge in [-0.3, -0.25) is 0 Å². The van der Waals surface area contributed by atoms with Gasteiger partial charge < -0.3 is 5.11 Å². The first kappa shape index (κ1) is 16.0. The Kier molecular flexibility index (Phi) is 4.67. The third-order valence-electron chi connectivity index (χ3n) is 1.89. The summed E-state index contributed by atoms with van der Waals surface area (Å²) in [6.45, 7) is 6.71. The van der Waals surface area contributed by atoms with E-state index >= 15 is 0 Å². The monoisotopic (exact) mass is 307 g/mol. The van der Waals surface area contributed by atoms with E-state index in [1.165, 1.54) is 0 Å². The summed E-state index contributed by atoms with van der Waals surface area (Å²) < 4.78 is 28.1. The Balaban J connectivity index is 2.72. The van der Waals surface area contributed by atoms with Crippen LogP contribution in [0, 0.1) is 6.92 Å². The third-order valence-corrected chi connectivity index (χ3v) is 4.44. The van der Waals surface area contributed by atoms with Crippen molar-refractivity contribution in [3.63, 3.8) is 0 Å². The van der Waals surface area contributed by atoms with Crippen LogP contribution in [0.4, 0.5) is 0 Å². The Bertz CT molecular complexity index is 572. The van der Waals surface area contributed by atoms with E-state index < -0.39 is 21.7 Å². The van der Waals surface area contributed by atoms with Gasteiger partial charge in [0.05, 0.1) is 12.2 Å². The van der Waals surface area contributed by atoms with Crippen molar-refractivity contribution < 1.29 is 18.3 Å². The number of hydrogen-bond donors (Lipinski definition) is 3. The Morgan fingerprint density at radius 3 is 2.42 bits per heavy atom. The molecule has 0 unspecified atom stereocenters. The normalized spacial score (nSPS) is 12.6. The second kappa shape index (κ2) is 5.53. The molecule has 3 N–H and O–H groups in total. The van der Waals surface area contributed by atoms with Crippen molar-refractivity contribution in [2.45, 2.75) is 39.8 Å². The van der Waals surface area contributed by atoms with Gasteiger partial charge in [0.1, 0.15) is 9.88 Å². The molecule has 0 bridgehead atoms. The molecule has 0 fully saturated rings. The van der Waals surface area contributed by atoms with Crippen LogP contribution in [-0.4, -0.2) is 30.0 Å². The molecule has 0 aliphatic carbocycles. The summed E-state index contributed by atoms with van der Waals surface area (Å²) in [6, 6.07) is 0. The lowest BCUT2D eigenvalue weighted by Gasteiger charge is -2.20. The van der Waals surface area contributed by atoms with Crippen LogP contribution in [0.2, 0.25) is 0 Å². The zero-order valence-electron chi connectivity index (χ0n) is 11.1. The molecule has 0 radical (unpaired) electrons. The number of aryl methyl sites for hydroxylation is 1. The average molecular weight is 307 g/mol. The molecule has 0 amide bonds. The van der Waals surface area contributed by atoms with Crippen LogP contribution in [-0.2, 0) is 16.8 Å². The lowest BCUT2D eigenvalue weighted by molar-refractivity contribution is 0.0701. The fourth-order valence-corrected chi connectivity index (χ4v) is 3.46. The first-order valence-electron chi connectivity index (χ1n) is 5.48. The van der Waals surface area contributed by atoms with Crippen molar-refractivity contribution in [3.8, 4) is 0 Å². The number of thiazole rings is 1. The number of carboxylic acid groups (broad SMARTS) is 1. The van der Waals surface area contributed by atoms with E-state index in [1.807, 2.05) is 0 Å². The number of rotatable bonds is 5. The number of hydrogen-bond acceptors (Lipinski definition) is 5. The van der Waals surface area contributed by atoms with E-state index in [9.17, 15) is 13.2 Å². The largest absolute Gasteiger partial charge is 0.477 e. The second-order valence-corrected chi connectivity index (χ2v) is 7.59. The van der Waals surface area contributed by atoms with E-state index in [0.717, 1.165) is 11.3 Å². The van der Waals surface area contributed by atoms with Gasteiger partial charge in [0.25, 0.3) is 10.2 Å². The highest BCUT2D eigenvalue weighted by Crippen LogP contribution is 2.17. The molecule has 0 atom stereocenters. The molecule has 0 aliphatic heterocycles. The first-order chi connectivity index (χ1) is 8.50. The predicted molar refractivity (Wildman–Crippen MR) is 72.5 cm³/mol. The van der Waals surface area contributed by atoms with Gasteiger partial charge in [-0.15, -0.1) is 11.3 Å². The van der Waals surface area contributed by atoms with Crippen LogP contribution >= 0.6 is 11.3 Å². The number of nitrogens with one attached hydrogen (secondary N) is 2. The van der Waals surface area contributed by atoms with E-state index in [-0.39, 0.29) is 11.4 Å². The summed E-state index contributed by atoms with van der Waals surface area (Å²) in [4.78, 5) is 15.0. The minimum atomic E-state index is -3.64. The van der Waals surface area contributed by atoms with Gasteiger partial charge in [0, 0.05) is 5.54 Å². The van der Waals surface area contributed by atoms with Crippen LogP contribution < -0.4 is 9.44 Å². The van der Waals surface area contributed by atoms with Crippen molar-refractivity contribution in [2.75, 3.05) is 0 Å². The second-order valence-electron chi connectivity index (χ2n) is 5.00. The fourth-order valence-electron chi connectivity index (χ4n) is 1.32. The molecule has 1 rings (SSSR count). The Morgan fingerprint density at radius 1 is 1.42 bits per heavy atom. The summed E-state index contributed by atoms with van der Waals surface area (Å²) in [5, 5.41) is 9.29. The molecule has 1 aromatic heterocycles. The molecular formula is C10H17N3O4S2. The fraction of sp³-hybridized carbons (Fsp3) is 0.600. The number of nitrogens with zero attached hydrogens (tertiary/aromatic N) is 1. The smallest absolute Gasteiger partial charge is 0.347 e. The Morgan fingerprint density at radius 2 is 2.00 bits per heavy atom. The molecule has 1 aromatic rings. The van der Waals surface area contributed by atoms with E-state index in [2.05, 4.69) is 14.4 Å². The number of aromatic nitrogens is 1. The zero-order valence-corrected chi connectivity index (χ0v) is 12.8. The van der Waals surface area contributed by atoms with Gasteiger partial charge in [-0.05, 0) is 27.7 Å². The van der Waals surface area contributed by atoms with Crippen molar-refractivity contribution in [3.05, 3.63) is 15.6 Å². The highest BCUT2D eigenvalue weighted by molar-refractivity contribution is 7.87. The Labute approximate surface area is 116 Å². The van der Waals surface area contributed by atoms with Gasteiger partial charge in [-0.1, -0.05) is 0 Å². The topological polar surface area (TPSA) is 108 Å². The Hall–Kier alpha value is -1.03. The van der Waals surface area contributed by atoms with E-state index in [1.54, 1.807) is 27.7 Å². The average Bonchev–Trinajstić information content (AvgIpc) is 2.53. The van der Waals surface area contributed by atoms with E-state index in [4.69, 9.17) is 5.11 Å². The lowest BCUT2D eigenvalue weighted by Crippen LogP contribution is -2.46. The molecule has 19 heavy (non-hydrogen) atoms. The molecule has 0 saturated carbocycles. The maximum absolute atomic E-state index is 11.7. The summed E-state index contributed by atoms with van der Waals surface area (Å²) >= 11 is 0.961.